The predicted molar refractivity (Wildman–Crippen MR) is 88.8 cm³/mol. The maximum atomic E-state index is 12.5. The number of anilines is 1. The van der Waals surface area contributed by atoms with Gasteiger partial charge in [-0.15, -0.1) is 0 Å². The number of nitro groups is 1. The number of aromatic nitrogens is 2. The molecule has 0 saturated heterocycles. The summed E-state index contributed by atoms with van der Waals surface area (Å²) in [7, 11) is 0. The van der Waals surface area contributed by atoms with E-state index >= 15 is 0 Å². The molecule has 0 aliphatic heterocycles. The van der Waals surface area contributed by atoms with Gasteiger partial charge < -0.3 is 0 Å². The van der Waals surface area contributed by atoms with Crippen molar-refractivity contribution in [3.63, 3.8) is 0 Å². The number of nitrogens with zero attached hydrogens (tertiary/aromatic N) is 4. The normalized spacial score (nSPS) is 10.2. The highest BCUT2D eigenvalue weighted by Crippen LogP contribution is 2.20. The number of carbonyl (C=O) groups is 2. The summed E-state index contributed by atoms with van der Waals surface area (Å²) in [5.74, 6) is -0.291. The number of benzene rings is 2. The fourth-order valence-electron chi connectivity index (χ4n) is 2.29. The molecule has 124 valence electrons. The summed E-state index contributed by atoms with van der Waals surface area (Å²) in [6.45, 7) is 0. The van der Waals surface area contributed by atoms with Crippen molar-refractivity contribution in [3.8, 4) is 0 Å². The van der Waals surface area contributed by atoms with E-state index in [9.17, 15) is 19.7 Å². The molecule has 0 N–H and O–H groups in total. The van der Waals surface area contributed by atoms with E-state index in [4.69, 9.17) is 0 Å². The molecule has 0 saturated carbocycles. The van der Waals surface area contributed by atoms with Gasteiger partial charge in [-0.25, -0.2) is 19.9 Å². The molecule has 0 aliphatic rings. The maximum absolute atomic E-state index is 12.5. The van der Waals surface area contributed by atoms with E-state index in [-0.39, 0.29) is 17.0 Å². The molecule has 1 heterocycles. The lowest BCUT2D eigenvalue weighted by Crippen LogP contribution is -2.39. The van der Waals surface area contributed by atoms with E-state index in [0.29, 0.717) is 10.6 Å². The van der Waals surface area contributed by atoms with Gasteiger partial charge in [-0.2, -0.15) is 0 Å². The fraction of sp³-hybridized carbons (Fsp3) is 0. The van der Waals surface area contributed by atoms with Gasteiger partial charge in [-0.05, 0) is 17.1 Å². The fourth-order valence-corrected chi connectivity index (χ4v) is 2.29. The Balaban J connectivity index is 1.97. The highest BCUT2D eigenvalue weighted by atomic mass is 16.7. The second kappa shape index (κ2) is 6.75. The van der Waals surface area contributed by atoms with Crippen LogP contribution in [0.5, 0.6) is 0 Å². The van der Waals surface area contributed by atoms with E-state index in [0.717, 1.165) is 10.9 Å². The van der Waals surface area contributed by atoms with Crippen molar-refractivity contribution in [2.75, 3.05) is 5.01 Å². The third-order valence-electron chi connectivity index (χ3n) is 3.46. The standard InChI is InChI=1S/C17H12N4O4/c22-16(13-5-2-1-3-6-13)14-7-4-8-15(11-14)20(21(24)25)17(23)19-10-9-18-12-19/h1-12H. The Kier molecular flexibility index (Phi) is 4.34. The lowest BCUT2D eigenvalue weighted by atomic mass is 10.0. The zero-order valence-corrected chi connectivity index (χ0v) is 12.9. The minimum absolute atomic E-state index is 0.0227. The van der Waals surface area contributed by atoms with Crippen LogP contribution in [-0.4, -0.2) is 26.4 Å². The Morgan fingerprint density at radius 3 is 2.40 bits per heavy atom. The number of rotatable bonds is 4. The zero-order valence-electron chi connectivity index (χ0n) is 12.9. The Morgan fingerprint density at radius 1 is 1.04 bits per heavy atom. The van der Waals surface area contributed by atoms with Crippen LogP contribution in [0.3, 0.4) is 0 Å². The average molecular weight is 336 g/mol. The molecule has 1 aromatic heterocycles. The van der Waals surface area contributed by atoms with Crippen LogP contribution in [0.2, 0.25) is 0 Å². The molecule has 0 unspecified atom stereocenters. The van der Waals surface area contributed by atoms with Crippen LogP contribution in [0.25, 0.3) is 0 Å². The maximum Gasteiger partial charge on any atom is 0.393 e. The molecule has 3 rings (SSSR count). The summed E-state index contributed by atoms with van der Waals surface area (Å²) >= 11 is 0. The van der Waals surface area contributed by atoms with Crippen LogP contribution in [0.1, 0.15) is 15.9 Å². The van der Waals surface area contributed by atoms with Crippen LogP contribution in [0.4, 0.5) is 10.5 Å². The van der Waals surface area contributed by atoms with E-state index in [1.807, 2.05) is 0 Å². The van der Waals surface area contributed by atoms with Crippen LogP contribution in [0.15, 0.2) is 73.3 Å². The minimum atomic E-state index is -0.910. The summed E-state index contributed by atoms with van der Waals surface area (Å²) in [6.07, 6.45) is 3.81. The summed E-state index contributed by atoms with van der Waals surface area (Å²) < 4.78 is 0.981. The molecule has 3 aromatic rings. The molecule has 0 spiro atoms. The molecular weight excluding hydrogens is 324 g/mol. The highest BCUT2D eigenvalue weighted by Gasteiger charge is 2.28. The highest BCUT2D eigenvalue weighted by molar-refractivity contribution is 6.09. The van der Waals surface area contributed by atoms with Crippen molar-refractivity contribution in [2.24, 2.45) is 0 Å². The Bertz CT molecular complexity index is 923. The molecule has 25 heavy (non-hydrogen) atoms. The molecule has 0 aliphatic carbocycles. The van der Waals surface area contributed by atoms with Gasteiger partial charge in [0.15, 0.2) is 10.8 Å². The molecular formula is C17H12N4O4. The molecule has 0 atom stereocenters. The Morgan fingerprint density at radius 2 is 1.76 bits per heavy atom. The number of imidazole rings is 1. The van der Waals surface area contributed by atoms with Gasteiger partial charge in [0.1, 0.15) is 12.0 Å². The first-order chi connectivity index (χ1) is 12.1. The van der Waals surface area contributed by atoms with Crippen molar-refractivity contribution >= 4 is 17.5 Å². The number of hydrogen-bond acceptors (Lipinski definition) is 5. The van der Waals surface area contributed by atoms with Crippen molar-refractivity contribution in [3.05, 3.63) is 94.6 Å². The Hall–Kier alpha value is -3.81. The summed E-state index contributed by atoms with van der Waals surface area (Å²) in [5.41, 5.74) is 0.674. The Labute approximate surface area is 142 Å². The lowest BCUT2D eigenvalue weighted by Gasteiger charge is -2.13. The third-order valence-corrected chi connectivity index (χ3v) is 3.46. The lowest BCUT2D eigenvalue weighted by molar-refractivity contribution is -0.481. The second-order valence-corrected chi connectivity index (χ2v) is 5.05. The predicted octanol–water partition coefficient (Wildman–Crippen LogP) is 2.78. The van der Waals surface area contributed by atoms with Gasteiger partial charge in [0.05, 0.1) is 0 Å². The molecule has 0 radical (unpaired) electrons. The van der Waals surface area contributed by atoms with Crippen LogP contribution in [-0.2, 0) is 0 Å². The average Bonchev–Trinajstić information content (AvgIpc) is 3.16. The number of amides is 1. The number of hydrazine groups is 1. The van der Waals surface area contributed by atoms with E-state index in [1.165, 1.54) is 30.6 Å². The van der Waals surface area contributed by atoms with Crippen molar-refractivity contribution in [2.45, 2.75) is 0 Å². The van der Waals surface area contributed by atoms with Gasteiger partial charge in [0.25, 0.3) is 0 Å². The van der Waals surface area contributed by atoms with Crippen molar-refractivity contribution in [1.29, 1.82) is 0 Å². The first kappa shape index (κ1) is 16.1. The molecule has 1 amide bonds. The largest absolute Gasteiger partial charge is 0.393 e. The number of hydrogen-bond donors (Lipinski definition) is 0. The topological polar surface area (TPSA) is 98.3 Å². The zero-order chi connectivity index (χ0) is 17.8. The van der Waals surface area contributed by atoms with Crippen molar-refractivity contribution < 1.29 is 14.6 Å². The van der Waals surface area contributed by atoms with Gasteiger partial charge in [-0.1, -0.05) is 42.5 Å². The van der Waals surface area contributed by atoms with E-state index in [1.54, 1.807) is 36.4 Å². The molecule has 2 aromatic carbocycles. The van der Waals surface area contributed by atoms with Crippen LogP contribution >= 0.6 is 0 Å². The quantitative estimate of drug-likeness (QED) is 0.414. The number of carbonyl (C=O) groups excluding carboxylic acids is 2. The monoisotopic (exact) mass is 336 g/mol. The second-order valence-electron chi connectivity index (χ2n) is 5.05. The van der Waals surface area contributed by atoms with Crippen LogP contribution in [0, 0.1) is 10.1 Å². The van der Waals surface area contributed by atoms with Gasteiger partial charge in [-0.3, -0.25) is 9.36 Å². The molecule has 8 nitrogen and oxygen atoms in total. The van der Waals surface area contributed by atoms with Gasteiger partial charge >= 0.3 is 6.03 Å². The SMILES string of the molecule is O=C(c1ccccc1)c1cccc(N(C(=O)n2ccnc2)[N+](=O)[O-])c1. The summed E-state index contributed by atoms with van der Waals surface area (Å²) in [6, 6.07) is 13.4. The van der Waals surface area contributed by atoms with E-state index < -0.39 is 11.1 Å². The van der Waals surface area contributed by atoms with Gasteiger partial charge in [0, 0.05) is 23.5 Å². The minimum Gasteiger partial charge on any atom is -0.289 e. The third kappa shape index (κ3) is 3.27. The van der Waals surface area contributed by atoms with Gasteiger partial charge in [0.2, 0.25) is 0 Å². The van der Waals surface area contributed by atoms with Crippen molar-refractivity contribution in [1.82, 2.24) is 9.55 Å². The molecule has 0 bridgehead atoms. The summed E-state index contributed by atoms with van der Waals surface area (Å²) in [4.78, 5) is 39.9. The molecule has 0 fully saturated rings. The smallest absolute Gasteiger partial charge is 0.289 e. The summed E-state index contributed by atoms with van der Waals surface area (Å²) in [5, 5.41) is 10.9. The first-order valence-corrected chi connectivity index (χ1v) is 7.24. The first-order valence-electron chi connectivity index (χ1n) is 7.24. The molecule has 8 heteroatoms. The number of ketones is 1. The van der Waals surface area contributed by atoms with Crippen LogP contribution < -0.4 is 5.01 Å². The van der Waals surface area contributed by atoms with E-state index in [2.05, 4.69) is 4.98 Å².